The van der Waals surface area contributed by atoms with Gasteiger partial charge in [0.15, 0.2) is 11.5 Å². The summed E-state index contributed by atoms with van der Waals surface area (Å²) >= 11 is 5.91. The lowest BCUT2D eigenvalue weighted by atomic mass is 10.3. The van der Waals surface area contributed by atoms with Gasteiger partial charge in [-0.25, -0.2) is 4.98 Å². The molecule has 0 unspecified atom stereocenters. The van der Waals surface area contributed by atoms with Gasteiger partial charge in [-0.15, -0.1) is 0 Å². The van der Waals surface area contributed by atoms with Crippen molar-refractivity contribution in [3.8, 4) is 0 Å². The van der Waals surface area contributed by atoms with Gasteiger partial charge in [0.25, 0.3) is 0 Å². The molecule has 0 radical (unpaired) electrons. The van der Waals surface area contributed by atoms with Gasteiger partial charge in [0.2, 0.25) is 5.28 Å². The summed E-state index contributed by atoms with van der Waals surface area (Å²) in [6.07, 6.45) is 1.53. The normalized spacial score (nSPS) is 11.8. The Morgan fingerprint density at radius 2 is 2.00 bits per heavy atom. The number of imidazole rings is 1. The molecule has 0 amide bonds. The molecule has 0 bridgehead atoms. The zero-order valence-corrected chi connectivity index (χ0v) is 13.1. The Morgan fingerprint density at radius 3 is 2.76 bits per heavy atom. The van der Waals surface area contributed by atoms with Crippen LogP contribution in [0.25, 0.3) is 11.2 Å². The molecule has 0 aliphatic heterocycles. The van der Waals surface area contributed by atoms with E-state index in [0.29, 0.717) is 17.0 Å². The van der Waals surface area contributed by atoms with Crippen LogP contribution in [0.4, 0.5) is 11.5 Å². The van der Waals surface area contributed by atoms with E-state index in [0.717, 1.165) is 11.0 Å². The maximum Gasteiger partial charge on any atom is 0.226 e. The summed E-state index contributed by atoms with van der Waals surface area (Å²) in [7, 11) is -2.41. The summed E-state index contributed by atoms with van der Waals surface area (Å²) in [4.78, 5) is 15.2. The number of nitrogens with zero attached hydrogens (tertiary/aromatic N) is 3. The second-order valence-electron chi connectivity index (χ2n) is 4.94. The average Bonchev–Trinajstić information content (AvgIpc) is 2.86. The Balaban J connectivity index is 2.11. The fraction of sp³-hybridized carbons (Fsp3) is 0.154. The smallest absolute Gasteiger partial charge is 0.226 e. The van der Waals surface area contributed by atoms with Crippen molar-refractivity contribution in [1.29, 1.82) is 0 Å². The molecule has 0 fully saturated rings. The number of halogens is 1. The molecule has 0 aliphatic rings. The molecule has 2 heterocycles. The number of rotatable bonds is 3. The molecular weight excluding hydrogens is 309 g/mol. The summed E-state index contributed by atoms with van der Waals surface area (Å²) in [5, 5.41) is 4.03. The molecule has 3 rings (SSSR count). The number of benzene rings is 1. The van der Waals surface area contributed by atoms with Gasteiger partial charge in [-0.1, -0.05) is 12.1 Å². The lowest BCUT2D eigenvalue weighted by Gasteiger charge is -2.14. The van der Waals surface area contributed by atoms with Crippen LogP contribution in [0.2, 0.25) is 5.28 Å². The van der Waals surface area contributed by atoms with Gasteiger partial charge < -0.3 is 14.9 Å². The summed E-state index contributed by atoms with van der Waals surface area (Å²) in [5.74, 6) is 0.503. The highest BCUT2D eigenvalue weighted by Gasteiger charge is 2.17. The van der Waals surface area contributed by atoms with Crippen LogP contribution in [-0.4, -0.2) is 33.3 Å². The van der Waals surface area contributed by atoms with Crippen LogP contribution in [0, 0.1) is 0 Å². The number of anilines is 2. The third-order valence-corrected chi connectivity index (χ3v) is 4.71. The Hall–Kier alpha value is -1.91. The van der Waals surface area contributed by atoms with E-state index in [4.69, 9.17) is 11.6 Å². The minimum absolute atomic E-state index is 0.103. The lowest BCUT2D eigenvalue weighted by molar-refractivity contribution is 0.588. The highest BCUT2D eigenvalue weighted by molar-refractivity contribution is 7.70. The van der Waals surface area contributed by atoms with Crippen molar-refractivity contribution in [3.63, 3.8) is 0 Å². The minimum atomic E-state index is -2.41. The van der Waals surface area contributed by atoms with E-state index >= 15 is 0 Å². The average molecular weight is 322 g/mol. The molecule has 2 N–H and O–H groups in total. The van der Waals surface area contributed by atoms with Gasteiger partial charge in [0.1, 0.15) is 12.7 Å². The molecule has 8 heteroatoms. The van der Waals surface area contributed by atoms with Gasteiger partial charge in [-0.05, 0) is 37.1 Å². The summed E-state index contributed by atoms with van der Waals surface area (Å²) in [6, 6.07) is 7.43. The van der Waals surface area contributed by atoms with E-state index in [-0.39, 0.29) is 5.28 Å². The van der Waals surface area contributed by atoms with Crippen molar-refractivity contribution >= 4 is 46.7 Å². The molecule has 3 aromatic rings. The standard InChI is InChI=1S/C13H13ClN5OP/c1-21(2,20)9-6-4-3-5-8(9)17-12-10-11(16-7-15-10)18-13(14)19-12/h3-7H,1-2H3,(H2,15,16,17,18,19). The summed E-state index contributed by atoms with van der Waals surface area (Å²) < 4.78 is 12.4. The van der Waals surface area contributed by atoms with Crippen molar-refractivity contribution in [2.45, 2.75) is 0 Å². The number of para-hydroxylation sites is 1. The molecule has 0 spiro atoms. The first-order chi connectivity index (χ1) is 9.95. The monoisotopic (exact) mass is 321 g/mol. The number of aromatic nitrogens is 4. The van der Waals surface area contributed by atoms with Crippen LogP contribution < -0.4 is 10.6 Å². The highest BCUT2D eigenvalue weighted by atomic mass is 35.5. The lowest BCUT2D eigenvalue weighted by Crippen LogP contribution is -2.10. The van der Waals surface area contributed by atoms with Gasteiger partial charge in [-0.3, -0.25) is 0 Å². The maximum absolute atomic E-state index is 12.4. The highest BCUT2D eigenvalue weighted by Crippen LogP contribution is 2.38. The molecule has 108 valence electrons. The maximum atomic E-state index is 12.4. The number of nitrogens with one attached hydrogen (secondary N) is 2. The molecule has 0 aliphatic carbocycles. The second-order valence-corrected chi connectivity index (χ2v) is 8.46. The van der Waals surface area contributed by atoms with Crippen LogP contribution in [0.15, 0.2) is 30.6 Å². The zero-order chi connectivity index (χ0) is 15.0. The molecule has 0 atom stereocenters. The van der Waals surface area contributed by atoms with Crippen molar-refractivity contribution < 1.29 is 4.57 Å². The quantitative estimate of drug-likeness (QED) is 0.572. The van der Waals surface area contributed by atoms with E-state index in [1.807, 2.05) is 24.3 Å². The first kappa shape index (κ1) is 14.0. The number of fused-ring (bicyclic) bond motifs is 1. The fourth-order valence-electron chi connectivity index (χ4n) is 2.07. The predicted octanol–water partition coefficient (Wildman–Crippen LogP) is 3.00. The largest absolute Gasteiger partial charge is 0.340 e. The summed E-state index contributed by atoms with van der Waals surface area (Å²) in [5.41, 5.74) is 1.86. The van der Waals surface area contributed by atoms with Gasteiger partial charge >= 0.3 is 0 Å². The minimum Gasteiger partial charge on any atom is -0.340 e. The number of aromatic amines is 1. The van der Waals surface area contributed by atoms with Crippen molar-refractivity contribution in [2.75, 3.05) is 18.6 Å². The molecule has 0 saturated heterocycles. The Kier molecular flexibility index (Phi) is 3.43. The first-order valence-corrected chi connectivity index (χ1v) is 9.21. The van der Waals surface area contributed by atoms with E-state index in [2.05, 4.69) is 25.3 Å². The number of hydrogen-bond acceptors (Lipinski definition) is 5. The molecule has 0 saturated carbocycles. The van der Waals surface area contributed by atoms with Crippen LogP contribution in [-0.2, 0) is 4.57 Å². The second kappa shape index (κ2) is 5.13. The molecule has 6 nitrogen and oxygen atoms in total. The predicted molar refractivity (Wildman–Crippen MR) is 85.5 cm³/mol. The van der Waals surface area contributed by atoms with Gasteiger partial charge in [0.05, 0.1) is 12.0 Å². The molecular formula is C13H13ClN5OP. The van der Waals surface area contributed by atoms with Gasteiger partial charge in [-0.2, -0.15) is 9.97 Å². The van der Waals surface area contributed by atoms with E-state index in [1.165, 1.54) is 6.33 Å². The van der Waals surface area contributed by atoms with E-state index < -0.39 is 7.14 Å². The summed E-state index contributed by atoms with van der Waals surface area (Å²) in [6.45, 7) is 3.46. The molecule has 2 aromatic heterocycles. The number of hydrogen-bond donors (Lipinski definition) is 2. The third kappa shape index (κ3) is 2.77. The van der Waals surface area contributed by atoms with Crippen molar-refractivity contribution in [2.24, 2.45) is 0 Å². The fourth-order valence-corrected chi connectivity index (χ4v) is 3.39. The molecule has 1 aromatic carbocycles. The molecule has 21 heavy (non-hydrogen) atoms. The van der Waals surface area contributed by atoms with Crippen LogP contribution in [0.5, 0.6) is 0 Å². The zero-order valence-electron chi connectivity index (χ0n) is 11.5. The Morgan fingerprint density at radius 1 is 1.24 bits per heavy atom. The SMILES string of the molecule is CP(C)(=O)c1ccccc1Nc1nc(Cl)nc2nc[nH]c12. The Bertz CT molecular complexity index is 857. The van der Waals surface area contributed by atoms with Crippen LogP contribution in [0.1, 0.15) is 0 Å². The number of H-pyrrole nitrogens is 1. The van der Waals surface area contributed by atoms with E-state index in [9.17, 15) is 4.57 Å². The van der Waals surface area contributed by atoms with Crippen LogP contribution in [0.3, 0.4) is 0 Å². The van der Waals surface area contributed by atoms with Crippen molar-refractivity contribution in [3.05, 3.63) is 35.9 Å². The van der Waals surface area contributed by atoms with Gasteiger partial charge in [0, 0.05) is 5.30 Å². The van der Waals surface area contributed by atoms with Crippen molar-refractivity contribution in [1.82, 2.24) is 19.9 Å². The van der Waals surface area contributed by atoms with Crippen LogP contribution >= 0.6 is 18.7 Å². The Labute approximate surface area is 126 Å². The third-order valence-electron chi connectivity index (χ3n) is 3.00. The topological polar surface area (TPSA) is 83.6 Å². The van der Waals surface area contributed by atoms with E-state index in [1.54, 1.807) is 13.3 Å². The first-order valence-electron chi connectivity index (χ1n) is 6.23.